The number of carbonyl (C=O) groups excluding carboxylic acids is 1. The molecule has 0 aliphatic carbocycles. The van der Waals surface area contributed by atoms with Crippen LogP contribution in [0.15, 0.2) is 24.3 Å². The van der Waals surface area contributed by atoms with Gasteiger partial charge in [-0.25, -0.2) is 0 Å². The number of likely N-dealkylation sites (tertiary alicyclic amines) is 1. The molecular formula is C18H25NO4. The second kappa shape index (κ2) is 6.89. The third kappa shape index (κ3) is 3.51. The van der Waals surface area contributed by atoms with E-state index >= 15 is 0 Å². The monoisotopic (exact) mass is 319 g/mol. The van der Waals surface area contributed by atoms with Crippen molar-refractivity contribution < 1.29 is 19.4 Å². The van der Waals surface area contributed by atoms with Crippen molar-refractivity contribution in [1.29, 1.82) is 0 Å². The summed E-state index contributed by atoms with van der Waals surface area (Å²) in [6.07, 6.45) is 3.18. The van der Waals surface area contributed by atoms with Crippen LogP contribution in [0.25, 0.3) is 0 Å². The van der Waals surface area contributed by atoms with Crippen molar-refractivity contribution in [3.63, 3.8) is 0 Å². The van der Waals surface area contributed by atoms with Gasteiger partial charge < -0.3 is 19.5 Å². The Kier molecular flexibility index (Phi) is 4.87. The predicted octanol–water partition coefficient (Wildman–Crippen LogP) is 1.77. The molecule has 0 saturated carbocycles. The van der Waals surface area contributed by atoms with E-state index < -0.39 is 11.7 Å². The highest BCUT2D eigenvalue weighted by molar-refractivity contribution is 5.79. The van der Waals surface area contributed by atoms with E-state index in [1.807, 2.05) is 29.2 Å². The number of aliphatic hydroxyl groups excluding tert-OH is 1. The Labute approximate surface area is 137 Å². The van der Waals surface area contributed by atoms with Crippen LogP contribution in [0.1, 0.15) is 31.2 Å². The first-order valence-corrected chi connectivity index (χ1v) is 8.36. The second-order valence-electron chi connectivity index (χ2n) is 6.48. The molecule has 3 rings (SSSR count). The Morgan fingerprint density at radius 2 is 2.04 bits per heavy atom. The summed E-state index contributed by atoms with van der Waals surface area (Å²) in [5, 5.41) is 10.3. The van der Waals surface area contributed by atoms with Crippen molar-refractivity contribution in [3.05, 3.63) is 29.8 Å². The molecule has 0 aromatic heterocycles. The van der Waals surface area contributed by atoms with Gasteiger partial charge in [0, 0.05) is 19.7 Å². The van der Waals surface area contributed by atoms with E-state index in [1.54, 1.807) is 7.11 Å². The number of piperidine rings is 1. The van der Waals surface area contributed by atoms with Crippen LogP contribution in [0, 0.1) is 0 Å². The smallest absolute Gasteiger partial charge is 0.226 e. The molecule has 2 heterocycles. The minimum Gasteiger partial charge on any atom is -0.497 e. The van der Waals surface area contributed by atoms with Gasteiger partial charge in [-0.3, -0.25) is 4.79 Å². The first-order valence-electron chi connectivity index (χ1n) is 8.36. The number of rotatable bonds is 3. The van der Waals surface area contributed by atoms with Gasteiger partial charge in [-0.1, -0.05) is 12.1 Å². The fourth-order valence-electron chi connectivity index (χ4n) is 3.55. The van der Waals surface area contributed by atoms with Crippen LogP contribution in [-0.2, 0) is 16.0 Å². The lowest BCUT2D eigenvalue weighted by Gasteiger charge is -2.46. The van der Waals surface area contributed by atoms with E-state index in [9.17, 15) is 9.90 Å². The van der Waals surface area contributed by atoms with Crippen LogP contribution >= 0.6 is 0 Å². The lowest BCUT2D eigenvalue weighted by molar-refractivity contribution is -0.179. The molecule has 0 unspecified atom stereocenters. The third-order valence-electron chi connectivity index (χ3n) is 5.10. The fraction of sp³-hybridized carbons (Fsp3) is 0.611. The minimum absolute atomic E-state index is 0.135. The molecule has 1 amide bonds. The van der Waals surface area contributed by atoms with Gasteiger partial charge >= 0.3 is 0 Å². The summed E-state index contributed by atoms with van der Waals surface area (Å²) in [6.45, 7) is 2.04. The van der Waals surface area contributed by atoms with E-state index in [0.29, 0.717) is 19.5 Å². The van der Waals surface area contributed by atoms with Crippen molar-refractivity contribution in [1.82, 2.24) is 4.90 Å². The molecule has 2 aliphatic rings. The molecule has 1 aromatic rings. The Morgan fingerprint density at radius 1 is 1.35 bits per heavy atom. The summed E-state index contributed by atoms with van der Waals surface area (Å²) in [6, 6.07) is 7.60. The average Bonchev–Trinajstić information content (AvgIpc) is 2.59. The Bertz CT molecular complexity index is 534. The van der Waals surface area contributed by atoms with Crippen LogP contribution in [-0.4, -0.2) is 54.4 Å². The molecule has 23 heavy (non-hydrogen) atoms. The Hall–Kier alpha value is -1.59. The molecule has 5 heteroatoms. The highest BCUT2D eigenvalue weighted by Crippen LogP contribution is 2.35. The van der Waals surface area contributed by atoms with Gasteiger partial charge in [0.15, 0.2) is 0 Å². The lowest BCUT2D eigenvalue weighted by Crippen LogP contribution is -2.56. The molecule has 0 bridgehead atoms. The van der Waals surface area contributed by atoms with E-state index in [1.165, 1.54) is 0 Å². The first-order chi connectivity index (χ1) is 11.1. The van der Waals surface area contributed by atoms with Crippen molar-refractivity contribution >= 4 is 5.91 Å². The average molecular weight is 319 g/mol. The van der Waals surface area contributed by atoms with Crippen molar-refractivity contribution in [2.45, 2.75) is 43.8 Å². The van der Waals surface area contributed by atoms with Gasteiger partial charge in [-0.15, -0.1) is 0 Å². The highest BCUT2D eigenvalue weighted by atomic mass is 16.5. The summed E-state index contributed by atoms with van der Waals surface area (Å²) in [5.74, 6) is 0.930. The van der Waals surface area contributed by atoms with Crippen molar-refractivity contribution in [2.75, 3.05) is 26.8 Å². The lowest BCUT2D eigenvalue weighted by atomic mass is 9.82. The molecule has 1 aromatic carbocycles. The number of amides is 1. The van der Waals surface area contributed by atoms with Crippen LogP contribution in [0.3, 0.4) is 0 Å². The molecule has 2 saturated heterocycles. The van der Waals surface area contributed by atoms with E-state index in [-0.39, 0.29) is 5.91 Å². The number of hydrogen-bond donors (Lipinski definition) is 1. The number of ether oxygens (including phenoxy) is 2. The Morgan fingerprint density at radius 3 is 2.65 bits per heavy atom. The molecule has 5 nitrogen and oxygen atoms in total. The summed E-state index contributed by atoms with van der Waals surface area (Å²) in [7, 11) is 1.63. The molecule has 1 atom stereocenters. The molecule has 2 fully saturated rings. The van der Waals surface area contributed by atoms with Gasteiger partial charge in [-0.2, -0.15) is 0 Å². The van der Waals surface area contributed by atoms with Gasteiger partial charge in [0.05, 0.1) is 25.2 Å². The number of carbonyl (C=O) groups is 1. The third-order valence-corrected chi connectivity index (χ3v) is 5.10. The zero-order chi connectivity index (χ0) is 16.3. The second-order valence-corrected chi connectivity index (χ2v) is 6.48. The van der Waals surface area contributed by atoms with Gasteiger partial charge in [0.1, 0.15) is 5.75 Å². The number of methoxy groups -OCH3 is 1. The first kappa shape index (κ1) is 16.3. The van der Waals surface area contributed by atoms with Crippen LogP contribution in [0.5, 0.6) is 5.75 Å². The molecule has 0 radical (unpaired) electrons. The Balaban J connectivity index is 1.55. The number of hydrogen-bond acceptors (Lipinski definition) is 4. The summed E-state index contributed by atoms with van der Waals surface area (Å²) >= 11 is 0. The van der Waals surface area contributed by atoms with Crippen molar-refractivity contribution in [2.24, 2.45) is 0 Å². The molecule has 1 spiro atoms. The maximum Gasteiger partial charge on any atom is 0.226 e. The summed E-state index contributed by atoms with van der Waals surface area (Å²) in [5.41, 5.74) is 0.569. The summed E-state index contributed by atoms with van der Waals surface area (Å²) in [4.78, 5) is 14.4. The van der Waals surface area contributed by atoms with Gasteiger partial charge in [-0.05, 0) is 43.4 Å². The molecule has 126 valence electrons. The maximum atomic E-state index is 12.5. The van der Waals surface area contributed by atoms with Crippen LogP contribution in [0.2, 0.25) is 0 Å². The van der Waals surface area contributed by atoms with Gasteiger partial charge in [0.2, 0.25) is 5.91 Å². The topological polar surface area (TPSA) is 59.0 Å². The number of nitrogens with zero attached hydrogens (tertiary/aromatic N) is 1. The van der Waals surface area contributed by atoms with Crippen LogP contribution in [0.4, 0.5) is 0 Å². The van der Waals surface area contributed by atoms with E-state index in [2.05, 4.69) is 0 Å². The minimum atomic E-state index is -0.421. The molecule has 1 N–H and O–H groups in total. The SMILES string of the molecule is COc1ccc(CC(=O)N2CCC3(CC2)OCCC[C@H]3O)cc1. The van der Waals surface area contributed by atoms with Crippen molar-refractivity contribution in [3.8, 4) is 5.75 Å². The standard InChI is InChI=1S/C18H25NO4/c1-22-15-6-4-14(5-7-15)13-17(21)19-10-8-18(9-11-19)16(20)3-2-12-23-18/h4-7,16,20H,2-3,8-13H2,1H3/t16-/m1/s1. The highest BCUT2D eigenvalue weighted by Gasteiger charge is 2.44. The van der Waals surface area contributed by atoms with E-state index in [0.717, 1.165) is 43.6 Å². The summed E-state index contributed by atoms with van der Waals surface area (Å²) < 4.78 is 11.0. The zero-order valence-electron chi connectivity index (χ0n) is 13.7. The van der Waals surface area contributed by atoms with Crippen LogP contribution < -0.4 is 4.74 Å². The predicted molar refractivity (Wildman–Crippen MR) is 86.4 cm³/mol. The largest absolute Gasteiger partial charge is 0.497 e. The maximum absolute atomic E-state index is 12.5. The number of aliphatic hydroxyl groups is 1. The quantitative estimate of drug-likeness (QED) is 0.922. The van der Waals surface area contributed by atoms with Gasteiger partial charge in [0.25, 0.3) is 0 Å². The molecule has 2 aliphatic heterocycles. The van der Waals surface area contributed by atoms with E-state index in [4.69, 9.17) is 9.47 Å². The fourth-order valence-corrected chi connectivity index (χ4v) is 3.55. The zero-order valence-corrected chi connectivity index (χ0v) is 13.7. The normalized spacial score (nSPS) is 23.7. The molecular weight excluding hydrogens is 294 g/mol. The number of benzene rings is 1.